The SMILES string of the molecule is NCC#Cc1ccsc1C(=O)NCC1CCC(=O)N1. The molecule has 0 aliphatic carbocycles. The summed E-state index contributed by atoms with van der Waals surface area (Å²) in [6.45, 7) is 0.719. The summed E-state index contributed by atoms with van der Waals surface area (Å²) in [5.74, 6) is 5.50. The molecule has 2 amide bonds. The van der Waals surface area contributed by atoms with Gasteiger partial charge in [0.15, 0.2) is 0 Å². The third-order valence-electron chi connectivity index (χ3n) is 2.79. The summed E-state index contributed by atoms with van der Waals surface area (Å²) in [6.07, 6.45) is 1.30. The lowest BCUT2D eigenvalue weighted by atomic mass is 10.2. The zero-order chi connectivity index (χ0) is 13.7. The average Bonchev–Trinajstić information content (AvgIpc) is 3.02. The van der Waals surface area contributed by atoms with Gasteiger partial charge in [-0.05, 0) is 17.9 Å². The second-order valence-electron chi connectivity index (χ2n) is 4.18. The number of carbonyl (C=O) groups is 2. The lowest BCUT2D eigenvalue weighted by molar-refractivity contribution is -0.119. The summed E-state index contributed by atoms with van der Waals surface area (Å²) in [5.41, 5.74) is 6.01. The van der Waals surface area contributed by atoms with E-state index < -0.39 is 0 Å². The van der Waals surface area contributed by atoms with Crippen molar-refractivity contribution in [3.63, 3.8) is 0 Å². The second-order valence-corrected chi connectivity index (χ2v) is 5.10. The fourth-order valence-electron chi connectivity index (χ4n) is 1.86. The maximum absolute atomic E-state index is 12.0. The van der Waals surface area contributed by atoms with Gasteiger partial charge in [-0.25, -0.2) is 0 Å². The number of hydrogen-bond donors (Lipinski definition) is 3. The molecule has 6 heteroatoms. The minimum absolute atomic E-state index is 0.0370. The largest absolute Gasteiger partial charge is 0.352 e. The van der Waals surface area contributed by atoms with Gasteiger partial charge in [-0.1, -0.05) is 11.8 Å². The monoisotopic (exact) mass is 277 g/mol. The van der Waals surface area contributed by atoms with Gasteiger partial charge >= 0.3 is 0 Å². The van der Waals surface area contributed by atoms with Gasteiger partial charge in [-0.2, -0.15) is 0 Å². The van der Waals surface area contributed by atoms with Gasteiger partial charge < -0.3 is 16.4 Å². The Hall–Kier alpha value is -1.84. The van der Waals surface area contributed by atoms with Crippen LogP contribution in [-0.2, 0) is 4.79 Å². The number of nitrogens with one attached hydrogen (secondary N) is 2. The predicted octanol–water partition coefficient (Wildman–Crippen LogP) is 0.0667. The number of carbonyl (C=O) groups excluding carboxylic acids is 2. The molecular weight excluding hydrogens is 262 g/mol. The van der Waals surface area contributed by atoms with Crippen LogP contribution in [0.3, 0.4) is 0 Å². The van der Waals surface area contributed by atoms with Crippen LogP contribution in [0.2, 0.25) is 0 Å². The average molecular weight is 277 g/mol. The van der Waals surface area contributed by atoms with Crippen molar-refractivity contribution < 1.29 is 9.59 Å². The molecule has 0 aromatic carbocycles. The van der Waals surface area contributed by atoms with Crippen LogP contribution in [0.4, 0.5) is 0 Å². The molecule has 100 valence electrons. The highest BCUT2D eigenvalue weighted by molar-refractivity contribution is 7.12. The van der Waals surface area contributed by atoms with Crippen molar-refractivity contribution in [1.29, 1.82) is 0 Å². The number of nitrogens with two attached hydrogens (primary N) is 1. The van der Waals surface area contributed by atoms with Gasteiger partial charge in [0, 0.05) is 24.6 Å². The van der Waals surface area contributed by atoms with Crippen LogP contribution in [0, 0.1) is 11.8 Å². The van der Waals surface area contributed by atoms with Crippen LogP contribution in [0.15, 0.2) is 11.4 Å². The van der Waals surface area contributed by atoms with Crippen molar-refractivity contribution in [3.05, 3.63) is 21.9 Å². The third kappa shape index (κ3) is 3.56. The number of rotatable bonds is 3. The van der Waals surface area contributed by atoms with E-state index in [2.05, 4.69) is 22.5 Å². The Morgan fingerprint density at radius 2 is 2.47 bits per heavy atom. The lowest BCUT2D eigenvalue weighted by Gasteiger charge is -2.10. The van der Waals surface area contributed by atoms with E-state index in [9.17, 15) is 9.59 Å². The Bertz CT molecular complexity index is 542. The summed E-state index contributed by atoms with van der Waals surface area (Å²) >= 11 is 1.35. The van der Waals surface area contributed by atoms with Crippen LogP contribution >= 0.6 is 11.3 Å². The second kappa shape index (κ2) is 6.36. The highest BCUT2D eigenvalue weighted by Crippen LogP contribution is 2.15. The maximum Gasteiger partial charge on any atom is 0.262 e. The third-order valence-corrected chi connectivity index (χ3v) is 3.70. The van der Waals surface area contributed by atoms with E-state index in [1.807, 2.05) is 5.38 Å². The van der Waals surface area contributed by atoms with Crippen LogP contribution in [0.5, 0.6) is 0 Å². The molecule has 2 rings (SSSR count). The van der Waals surface area contributed by atoms with E-state index in [1.165, 1.54) is 11.3 Å². The van der Waals surface area contributed by atoms with E-state index in [0.717, 1.165) is 6.42 Å². The molecule has 19 heavy (non-hydrogen) atoms. The van der Waals surface area contributed by atoms with Crippen molar-refractivity contribution in [3.8, 4) is 11.8 Å². The maximum atomic E-state index is 12.0. The van der Waals surface area contributed by atoms with Crippen molar-refractivity contribution in [2.24, 2.45) is 5.73 Å². The van der Waals surface area contributed by atoms with Crippen molar-refractivity contribution >= 4 is 23.2 Å². The van der Waals surface area contributed by atoms with E-state index in [0.29, 0.717) is 23.4 Å². The molecule has 1 atom stereocenters. The Balaban J connectivity index is 1.93. The molecule has 1 aromatic heterocycles. The zero-order valence-corrected chi connectivity index (χ0v) is 11.2. The first-order valence-corrected chi connectivity index (χ1v) is 6.92. The van der Waals surface area contributed by atoms with E-state index in [4.69, 9.17) is 5.73 Å². The number of amides is 2. The quantitative estimate of drug-likeness (QED) is 0.683. The Labute approximate surface area is 115 Å². The predicted molar refractivity (Wildman–Crippen MR) is 73.7 cm³/mol. The van der Waals surface area contributed by atoms with Crippen molar-refractivity contribution in [2.75, 3.05) is 13.1 Å². The minimum atomic E-state index is -0.155. The molecule has 5 nitrogen and oxygen atoms in total. The fraction of sp³-hybridized carbons (Fsp3) is 0.385. The highest BCUT2D eigenvalue weighted by Gasteiger charge is 2.21. The van der Waals surface area contributed by atoms with Crippen LogP contribution < -0.4 is 16.4 Å². The summed E-state index contributed by atoms with van der Waals surface area (Å²) in [7, 11) is 0. The molecule has 2 heterocycles. The summed E-state index contributed by atoms with van der Waals surface area (Å²) < 4.78 is 0. The molecule has 0 spiro atoms. The van der Waals surface area contributed by atoms with Crippen LogP contribution in [0.25, 0.3) is 0 Å². The lowest BCUT2D eigenvalue weighted by Crippen LogP contribution is -2.38. The molecule has 1 unspecified atom stereocenters. The molecule has 1 fully saturated rings. The van der Waals surface area contributed by atoms with Crippen molar-refractivity contribution in [2.45, 2.75) is 18.9 Å². The smallest absolute Gasteiger partial charge is 0.262 e. The fourth-order valence-corrected chi connectivity index (χ4v) is 2.62. The first-order valence-electron chi connectivity index (χ1n) is 6.04. The minimum Gasteiger partial charge on any atom is -0.352 e. The van der Waals surface area contributed by atoms with E-state index >= 15 is 0 Å². The normalized spacial score (nSPS) is 17.5. The van der Waals surface area contributed by atoms with Gasteiger partial charge in [0.2, 0.25) is 5.91 Å². The Kier molecular flexibility index (Phi) is 4.55. The number of thiophene rings is 1. The topological polar surface area (TPSA) is 84.2 Å². The number of hydrogen-bond acceptors (Lipinski definition) is 4. The molecule has 0 bridgehead atoms. The molecule has 1 aliphatic heterocycles. The Morgan fingerprint density at radius 3 is 3.16 bits per heavy atom. The molecular formula is C13H15N3O2S. The zero-order valence-electron chi connectivity index (χ0n) is 10.4. The first kappa shape index (κ1) is 13.6. The first-order chi connectivity index (χ1) is 9.20. The summed E-state index contributed by atoms with van der Waals surface area (Å²) in [4.78, 5) is 23.7. The van der Waals surface area contributed by atoms with Gasteiger partial charge in [0.25, 0.3) is 5.91 Å². The molecule has 1 saturated heterocycles. The molecule has 1 aliphatic rings. The van der Waals surface area contributed by atoms with Gasteiger partial charge in [0.1, 0.15) is 4.88 Å². The summed E-state index contributed by atoms with van der Waals surface area (Å²) in [5, 5.41) is 7.46. The van der Waals surface area contributed by atoms with Crippen LogP contribution in [0.1, 0.15) is 28.1 Å². The molecule has 0 radical (unpaired) electrons. The highest BCUT2D eigenvalue weighted by atomic mass is 32.1. The van der Waals surface area contributed by atoms with E-state index in [-0.39, 0.29) is 24.4 Å². The van der Waals surface area contributed by atoms with Crippen molar-refractivity contribution in [1.82, 2.24) is 10.6 Å². The molecule has 0 saturated carbocycles. The molecule has 1 aromatic rings. The summed E-state index contributed by atoms with van der Waals surface area (Å²) in [6, 6.07) is 1.84. The molecule has 4 N–H and O–H groups in total. The van der Waals surface area contributed by atoms with Gasteiger partial charge in [-0.15, -0.1) is 11.3 Å². The van der Waals surface area contributed by atoms with Gasteiger partial charge in [0.05, 0.1) is 6.54 Å². The standard InChI is InChI=1S/C13H15N3O2S/c14-6-1-2-9-5-7-19-12(9)13(18)15-8-10-3-4-11(17)16-10/h5,7,10H,3-4,6,8,14H2,(H,15,18)(H,16,17). The van der Waals surface area contributed by atoms with Gasteiger partial charge in [-0.3, -0.25) is 9.59 Å². The van der Waals surface area contributed by atoms with Crippen LogP contribution in [-0.4, -0.2) is 30.9 Å². The van der Waals surface area contributed by atoms with E-state index in [1.54, 1.807) is 6.07 Å². The Morgan fingerprint density at radius 1 is 1.63 bits per heavy atom.